The van der Waals surface area contributed by atoms with Crippen molar-refractivity contribution in [2.45, 2.75) is 6.92 Å². The van der Waals surface area contributed by atoms with Gasteiger partial charge in [-0.2, -0.15) is 0 Å². The number of hydrogen-bond donors (Lipinski definition) is 0. The second-order valence-electron chi connectivity index (χ2n) is 4.96. The minimum Gasteiger partial charge on any atom is -0.447 e. The molecule has 112 valence electrons. The molecule has 1 fully saturated rings. The Morgan fingerprint density at radius 3 is 2.59 bits per heavy atom. The molecule has 5 heteroatoms. The van der Waals surface area contributed by atoms with Crippen molar-refractivity contribution < 1.29 is 14.3 Å². The Kier molecular flexibility index (Phi) is 4.06. The minimum absolute atomic E-state index is 0.0541. The predicted octanol–water partition coefficient (Wildman–Crippen LogP) is 3.91. The topological polar surface area (TPSA) is 46.6 Å². The number of ether oxygens (including phenoxy) is 1. The number of rotatable bonds is 4. The summed E-state index contributed by atoms with van der Waals surface area (Å²) in [6, 6.07) is 11.0. The third-order valence-electron chi connectivity index (χ3n) is 3.38. The van der Waals surface area contributed by atoms with E-state index in [4.69, 9.17) is 4.74 Å². The Bertz CT molecular complexity index is 731. The van der Waals surface area contributed by atoms with E-state index in [9.17, 15) is 9.59 Å². The van der Waals surface area contributed by atoms with Crippen LogP contribution in [0.15, 0.2) is 42.5 Å². The van der Waals surface area contributed by atoms with E-state index in [2.05, 4.69) is 0 Å². The van der Waals surface area contributed by atoms with Crippen LogP contribution in [0, 0.1) is 6.92 Å². The molecule has 2 heterocycles. The van der Waals surface area contributed by atoms with Gasteiger partial charge in [0.2, 0.25) is 0 Å². The Labute approximate surface area is 132 Å². The Morgan fingerprint density at radius 2 is 2.00 bits per heavy atom. The van der Waals surface area contributed by atoms with E-state index in [-0.39, 0.29) is 11.9 Å². The van der Waals surface area contributed by atoms with Crippen LogP contribution in [0.3, 0.4) is 0 Å². The van der Waals surface area contributed by atoms with Gasteiger partial charge in [0.15, 0.2) is 5.78 Å². The molecule has 1 saturated heterocycles. The molecule has 22 heavy (non-hydrogen) atoms. The summed E-state index contributed by atoms with van der Waals surface area (Å²) in [5, 5.41) is 0. The van der Waals surface area contributed by atoms with E-state index in [0.717, 1.165) is 10.6 Å². The minimum atomic E-state index is -0.341. The molecular formula is C17H15NO3S. The first-order valence-electron chi connectivity index (χ1n) is 6.97. The van der Waals surface area contributed by atoms with E-state index in [1.54, 1.807) is 46.6 Å². The quantitative estimate of drug-likeness (QED) is 0.635. The van der Waals surface area contributed by atoms with Crippen molar-refractivity contribution in [3.8, 4) is 0 Å². The van der Waals surface area contributed by atoms with Gasteiger partial charge >= 0.3 is 6.09 Å². The van der Waals surface area contributed by atoms with Gasteiger partial charge in [0.25, 0.3) is 0 Å². The molecule has 0 spiro atoms. The van der Waals surface area contributed by atoms with Crippen LogP contribution in [-0.2, 0) is 4.74 Å². The number of anilines is 1. The van der Waals surface area contributed by atoms with Crippen LogP contribution in [0.5, 0.6) is 0 Å². The lowest BCUT2D eigenvalue weighted by Gasteiger charge is -2.12. The molecule has 0 N–H and O–H groups in total. The number of carbonyl (C=O) groups excluding carboxylic acids is 2. The first-order valence-corrected chi connectivity index (χ1v) is 7.78. The maximum absolute atomic E-state index is 12.1. The summed E-state index contributed by atoms with van der Waals surface area (Å²) in [5.41, 5.74) is 1.35. The van der Waals surface area contributed by atoms with Gasteiger partial charge in [0.1, 0.15) is 6.61 Å². The number of aryl methyl sites for hydroxylation is 1. The smallest absolute Gasteiger partial charge is 0.414 e. The molecule has 3 rings (SSSR count). The van der Waals surface area contributed by atoms with E-state index in [1.807, 2.05) is 25.1 Å². The highest BCUT2D eigenvalue weighted by Gasteiger charge is 2.23. The maximum Gasteiger partial charge on any atom is 0.414 e. The summed E-state index contributed by atoms with van der Waals surface area (Å²) in [5.74, 6) is -0.0541. The highest BCUT2D eigenvalue weighted by molar-refractivity contribution is 7.12. The average molecular weight is 313 g/mol. The number of hydrogen-bond acceptors (Lipinski definition) is 4. The van der Waals surface area contributed by atoms with Gasteiger partial charge in [-0.1, -0.05) is 0 Å². The lowest BCUT2D eigenvalue weighted by Crippen LogP contribution is -2.23. The molecule has 1 aliphatic rings. The zero-order chi connectivity index (χ0) is 15.5. The second-order valence-corrected chi connectivity index (χ2v) is 6.28. The van der Waals surface area contributed by atoms with E-state index < -0.39 is 0 Å². The van der Waals surface area contributed by atoms with Crippen LogP contribution in [0.1, 0.15) is 20.1 Å². The standard InChI is InChI=1S/C17H15NO3S/c1-12-2-7-15(22-12)8-9-16(19)13-3-5-14(6-4-13)18-10-11-21-17(18)20/h2-9H,10-11H2,1H3/b9-8+. The van der Waals surface area contributed by atoms with Gasteiger partial charge in [-0.05, 0) is 55.5 Å². The van der Waals surface area contributed by atoms with Crippen molar-refractivity contribution in [1.29, 1.82) is 0 Å². The molecular weight excluding hydrogens is 298 g/mol. The van der Waals surface area contributed by atoms with Gasteiger partial charge < -0.3 is 4.74 Å². The van der Waals surface area contributed by atoms with Crippen LogP contribution in [0.25, 0.3) is 6.08 Å². The number of nitrogens with zero attached hydrogens (tertiary/aromatic N) is 1. The van der Waals surface area contributed by atoms with Crippen LogP contribution < -0.4 is 4.90 Å². The van der Waals surface area contributed by atoms with E-state index in [1.165, 1.54) is 4.88 Å². The highest BCUT2D eigenvalue weighted by atomic mass is 32.1. The molecule has 0 unspecified atom stereocenters. The Morgan fingerprint density at radius 1 is 1.23 bits per heavy atom. The summed E-state index contributed by atoms with van der Waals surface area (Å²) in [7, 11) is 0. The van der Waals surface area contributed by atoms with Crippen LogP contribution in [0.4, 0.5) is 10.5 Å². The fraction of sp³-hybridized carbons (Fsp3) is 0.176. The lowest BCUT2D eigenvalue weighted by atomic mass is 10.1. The molecule has 1 aromatic heterocycles. The number of allylic oxidation sites excluding steroid dienone is 1. The Hall–Kier alpha value is -2.40. The SMILES string of the molecule is Cc1ccc(/C=C/C(=O)c2ccc(N3CCOC3=O)cc2)s1. The largest absolute Gasteiger partial charge is 0.447 e. The molecule has 0 bridgehead atoms. The summed E-state index contributed by atoms with van der Waals surface area (Å²) < 4.78 is 4.90. The molecule has 0 radical (unpaired) electrons. The first-order chi connectivity index (χ1) is 10.6. The molecule has 0 saturated carbocycles. The molecule has 0 atom stereocenters. The van der Waals surface area contributed by atoms with Crippen molar-refractivity contribution in [1.82, 2.24) is 0 Å². The number of ketones is 1. The predicted molar refractivity (Wildman–Crippen MR) is 87.6 cm³/mol. The number of cyclic esters (lactones) is 1. The lowest BCUT2D eigenvalue weighted by molar-refractivity contribution is 0.104. The zero-order valence-corrected chi connectivity index (χ0v) is 12.9. The van der Waals surface area contributed by atoms with Gasteiger partial charge in [-0.3, -0.25) is 9.69 Å². The second kappa shape index (κ2) is 6.15. The molecule has 1 aromatic carbocycles. The molecule has 0 aliphatic carbocycles. The third-order valence-corrected chi connectivity index (χ3v) is 4.35. The van der Waals surface area contributed by atoms with Crippen molar-refractivity contribution in [3.05, 3.63) is 57.8 Å². The molecule has 1 amide bonds. The number of amides is 1. The van der Waals surface area contributed by atoms with Crippen molar-refractivity contribution in [2.24, 2.45) is 0 Å². The third kappa shape index (κ3) is 3.09. The van der Waals surface area contributed by atoms with E-state index >= 15 is 0 Å². The Balaban J connectivity index is 1.71. The van der Waals surface area contributed by atoms with Gasteiger partial charge in [0.05, 0.1) is 6.54 Å². The number of thiophene rings is 1. The van der Waals surface area contributed by atoms with Crippen molar-refractivity contribution in [3.63, 3.8) is 0 Å². The van der Waals surface area contributed by atoms with Crippen molar-refractivity contribution in [2.75, 3.05) is 18.1 Å². The van der Waals surface area contributed by atoms with Crippen molar-refractivity contribution >= 4 is 35.0 Å². The number of benzene rings is 1. The molecule has 2 aromatic rings. The van der Waals surface area contributed by atoms with Gasteiger partial charge in [0, 0.05) is 21.0 Å². The van der Waals surface area contributed by atoms with Crippen LogP contribution in [-0.4, -0.2) is 25.0 Å². The van der Waals surface area contributed by atoms with E-state index in [0.29, 0.717) is 18.7 Å². The van der Waals surface area contributed by atoms with Crippen LogP contribution >= 0.6 is 11.3 Å². The number of carbonyl (C=O) groups is 2. The molecule has 1 aliphatic heterocycles. The monoisotopic (exact) mass is 313 g/mol. The zero-order valence-electron chi connectivity index (χ0n) is 12.1. The summed E-state index contributed by atoms with van der Waals surface area (Å²) in [6.45, 7) is 2.98. The summed E-state index contributed by atoms with van der Waals surface area (Å²) >= 11 is 1.65. The fourth-order valence-electron chi connectivity index (χ4n) is 2.23. The first kappa shape index (κ1) is 14.5. The summed E-state index contributed by atoms with van der Waals surface area (Å²) in [4.78, 5) is 27.4. The van der Waals surface area contributed by atoms with Gasteiger partial charge in [-0.15, -0.1) is 11.3 Å². The molecule has 4 nitrogen and oxygen atoms in total. The average Bonchev–Trinajstić information content (AvgIpc) is 3.13. The highest BCUT2D eigenvalue weighted by Crippen LogP contribution is 2.20. The van der Waals surface area contributed by atoms with Crippen LogP contribution in [0.2, 0.25) is 0 Å². The summed E-state index contributed by atoms with van der Waals surface area (Å²) in [6.07, 6.45) is 3.06. The van der Waals surface area contributed by atoms with Gasteiger partial charge in [-0.25, -0.2) is 4.79 Å². The fourth-order valence-corrected chi connectivity index (χ4v) is 3.01. The normalized spacial score (nSPS) is 14.6. The maximum atomic E-state index is 12.1.